The van der Waals surface area contributed by atoms with Gasteiger partial charge >= 0.3 is 0 Å². The molecule has 1 fully saturated rings. The van der Waals surface area contributed by atoms with Crippen molar-refractivity contribution in [1.82, 2.24) is 0 Å². The number of anilines is 1. The third-order valence-corrected chi connectivity index (χ3v) is 4.07. The molecule has 2 N–H and O–H groups in total. The van der Waals surface area contributed by atoms with Crippen LogP contribution in [0.5, 0.6) is 0 Å². The number of aryl methyl sites for hydroxylation is 1. The van der Waals surface area contributed by atoms with Crippen LogP contribution in [0.4, 0.5) is 5.69 Å². The Kier molecular flexibility index (Phi) is 5.20. The second-order valence-electron chi connectivity index (χ2n) is 5.38. The van der Waals surface area contributed by atoms with E-state index in [1.165, 1.54) is 24.1 Å². The maximum Gasteiger partial charge on any atom is 0.193 e. The summed E-state index contributed by atoms with van der Waals surface area (Å²) in [6, 6.07) is 9.72. The SMILES string of the molecule is Cc1ccc(C(N)c2ccc(Cl)o2)c(N2CCCC2)c1.Cl. The highest BCUT2D eigenvalue weighted by molar-refractivity contribution is 6.28. The fourth-order valence-electron chi connectivity index (χ4n) is 2.80. The number of furan rings is 1. The monoisotopic (exact) mass is 326 g/mol. The molecule has 0 spiro atoms. The molecule has 3 rings (SSSR count). The Morgan fingerprint density at radius 1 is 1.19 bits per heavy atom. The number of hydrogen-bond donors (Lipinski definition) is 1. The topological polar surface area (TPSA) is 42.4 Å². The van der Waals surface area contributed by atoms with E-state index in [0.29, 0.717) is 11.0 Å². The maximum atomic E-state index is 6.37. The van der Waals surface area contributed by atoms with Crippen LogP contribution in [0.15, 0.2) is 34.7 Å². The molecule has 5 heteroatoms. The Morgan fingerprint density at radius 2 is 1.90 bits per heavy atom. The molecule has 1 aromatic carbocycles. The van der Waals surface area contributed by atoms with Crippen LogP contribution in [-0.2, 0) is 0 Å². The summed E-state index contributed by atoms with van der Waals surface area (Å²) in [5.41, 5.74) is 9.94. The normalized spacial score (nSPS) is 15.9. The predicted octanol–water partition coefficient (Wildman–Crippen LogP) is 4.31. The van der Waals surface area contributed by atoms with Gasteiger partial charge in [0.15, 0.2) is 5.22 Å². The van der Waals surface area contributed by atoms with Crippen molar-refractivity contribution in [1.29, 1.82) is 0 Å². The summed E-state index contributed by atoms with van der Waals surface area (Å²) < 4.78 is 5.47. The molecular weight excluding hydrogens is 307 g/mol. The van der Waals surface area contributed by atoms with Gasteiger partial charge in [0.1, 0.15) is 5.76 Å². The molecule has 3 nitrogen and oxygen atoms in total. The molecule has 1 aliphatic heterocycles. The number of halogens is 2. The van der Waals surface area contributed by atoms with Crippen molar-refractivity contribution >= 4 is 29.7 Å². The Bertz CT molecular complexity index is 606. The van der Waals surface area contributed by atoms with Gasteiger partial charge in [-0.05, 0) is 60.7 Å². The predicted molar refractivity (Wildman–Crippen MR) is 89.6 cm³/mol. The summed E-state index contributed by atoms with van der Waals surface area (Å²) in [6.07, 6.45) is 2.49. The lowest BCUT2D eigenvalue weighted by molar-refractivity contribution is 0.491. The van der Waals surface area contributed by atoms with Crippen molar-refractivity contribution in [3.8, 4) is 0 Å². The van der Waals surface area contributed by atoms with Crippen molar-refractivity contribution in [3.63, 3.8) is 0 Å². The second-order valence-corrected chi connectivity index (χ2v) is 5.75. The number of rotatable bonds is 3. The van der Waals surface area contributed by atoms with Crippen LogP contribution in [0.2, 0.25) is 5.22 Å². The van der Waals surface area contributed by atoms with E-state index in [0.717, 1.165) is 18.7 Å². The molecule has 21 heavy (non-hydrogen) atoms. The van der Waals surface area contributed by atoms with E-state index in [1.54, 1.807) is 6.07 Å². The minimum atomic E-state index is -0.279. The third kappa shape index (κ3) is 3.37. The Labute approximate surface area is 136 Å². The van der Waals surface area contributed by atoms with Gasteiger partial charge in [0, 0.05) is 18.8 Å². The molecule has 0 saturated carbocycles. The van der Waals surface area contributed by atoms with E-state index < -0.39 is 0 Å². The van der Waals surface area contributed by atoms with Gasteiger partial charge in [0.05, 0.1) is 6.04 Å². The van der Waals surface area contributed by atoms with Gasteiger partial charge in [0.2, 0.25) is 0 Å². The minimum absolute atomic E-state index is 0. The van der Waals surface area contributed by atoms with Crippen LogP contribution in [-0.4, -0.2) is 13.1 Å². The van der Waals surface area contributed by atoms with E-state index in [9.17, 15) is 0 Å². The summed E-state index contributed by atoms with van der Waals surface area (Å²) in [6.45, 7) is 4.31. The third-order valence-electron chi connectivity index (χ3n) is 3.87. The van der Waals surface area contributed by atoms with Crippen molar-refractivity contribution in [3.05, 3.63) is 52.4 Å². The maximum absolute atomic E-state index is 6.37. The van der Waals surface area contributed by atoms with Gasteiger partial charge in [-0.2, -0.15) is 0 Å². The van der Waals surface area contributed by atoms with Crippen LogP contribution in [0.3, 0.4) is 0 Å². The number of nitrogens with two attached hydrogens (primary N) is 1. The highest BCUT2D eigenvalue weighted by Gasteiger charge is 2.21. The van der Waals surface area contributed by atoms with Crippen molar-refractivity contribution in [2.75, 3.05) is 18.0 Å². The molecule has 0 radical (unpaired) electrons. The molecular formula is C16H20Cl2N2O. The molecule has 0 bridgehead atoms. The lowest BCUT2D eigenvalue weighted by Crippen LogP contribution is -2.22. The van der Waals surface area contributed by atoms with Gasteiger partial charge in [-0.1, -0.05) is 12.1 Å². The van der Waals surface area contributed by atoms with E-state index >= 15 is 0 Å². The number of hydrogen-bond acceptors (Lipinski definition) is 3. The van der Waals surface area contributed by atoms with Gasteiger partial charge in [-0.25, -0.2) is 0 Å². The van der Waals surface area contributed by atoms with Crippen LogP contribution in [0.1, 0.15) is 35.8 Å². The van der Waals surface area contributed by atoms with Gasteiger partial charge in [-0.3, -0.25) is 0 Å². The average Bonchev–Trinajstić information content (AvgIpc) is 3.09. The zero-order chi connectivity index (χ0) is 14.1. The van der Waals surface area contributed by atoms with Crippen LogP contribution in [0, 0.1) is 6.92 Å². The molecule has 1 unspecified atom stereocenters. The molecule has 1 aromatic heterocycles. The first-order valence-electron chi connectivity index (χ1n) is 7.01. The molecule has 2 heterocycles. The molecule has 1 atom stereocenters. The molecule has 1 saturated heterocycles. The number of benzene rings is 1. The Balaban J connectivity index is 0.00000161. The van der Waals surface area contributed by atoms with E-state index in [2.05, 4.69) is 30.0 Å². The fourth-order valence-corrected chi connectivity index (χ4v) is 2.95. The zero-order valence-electron chi connectivity index (χ0n) is 12.0. The van der Waals surface area contributed by atoms with Crippen LogP contribution in [0.25, 0.3) is 0 Å². The van der Waals surface area contributed by atoms with Crippen molar-refractivity contribution in [2.24, 2.45) is 5.73 Å². The molecule has 0 aliphatic carbocycles. The van der Waals surface area contributed by atoms with Gasteiger partial charge in [0.25, 0.3) is 0 Å². The van der Waals surface area contributed by atoms with Crippen molar-refractivity contribution in [2.45, 2.75) is 25.8 Å². The summed E-state index contributed by atoms with van der Waals surface area (Å²) in [5, 5.41) is 0.380. The van der Waals surface area contributed by atoms with Gasteiger partial charge < -0.3 is 15.1 Å². The summed E-state index contributed by atoms with van der Waals surface area (Å²) in [4.78, 5) is 2.41. The largest absolute Gasteiger partial charge is 0.448 e. The summed E-state index contributed by atoms with van der Waals surface area (Å²) >= 11 is 5.85. The summed E-state index contributed by atoms with van der Waals surface area (Å²) in [7, 11) is 0. The van der Waals surface area contributed by atoms with E-state index in [1.807, 2.05) is 6.07 Å². The quantitative estimate of drug-likeness (QED) is 0.913. The van der Waals surface area contributed by atoms with Crippen LogP contribution < -0.4 is 10.6 Å². The van der Waals surface area contributed by atoms with E-state index in [4.69, 9.17) is 21.8 Å². The fraction of sp³-hybridized carbons (Fsp3) is 0.375. The van der Waals surface area contributed by atoms with Gasteiger partial charge in [-0.15, -0.1) is 12.4 Å². The lowest BCUT2D eigenvalue weighted by Gasteiger charge is -2.24. The first kappa shape index (κ1) is 16.2. The molecule has 1 aliphatic rings. The second kappa shape index (κ2) is 6.73. The Morgan fingerprint density at radius 3 is 2.52 bits per heavy atom. The summed E-state index contributed by atoms with van der Waals surface area (Å²) in [5.74, 6) is 0.708. The molecule has 2 aromatic rings. The zero-order valence-corrected chi connectivity index (χ0v) is 13.6. The first-order chi connectivity index (χ1) is 9.65. The number of nitrogens with zero attached hydrogens (tertiary/aromatic N) is 1. The highest BCUT2D eigenvalue weighted by Crippen LogP contribution is 2.33. The molecule has 114 valence electrons. The Hall–Kier alpha value is -1.16. The standard InChI is InChI=1S/C16H19ClN2O.ClH/c1-11-4-5-12(13(10-11)19-8-2-3-9-19)16(18)14-6-7-15(17)20-14;/h4-7,10,16H,2-3,8-9,18H2,1H3;1H. The van der Waals surface area contributed by atoms with Crippen LogP contribution >= 0.6 is 24.0 Å². The average molecular weight is 327 g/mol. The lowest BCUT2D eigenvalue weighted by atomic mass is 10.0. The first-order valence-corrected chi connectivity index (χ1v) is 7.39. The van der Waals surface area contributed by atoms with E-state index in [-0.39, 0.29) is 18.4 Å². The highest BCUT2D eigenvalue weighted by atomic mass is 35.5. The molecule has 0 amide bonds. The minimum Gasteiger partial charge on any atom is -0.448 e. The smallest absolute Gasteiger partial charge is 0.193 e. The van der Waals surface area contributed by atoms with Crippen molar-refractivity contribution < 1.29 is 4.42 Å².